The van der Waals surface area contributed by atoms with Crippen LogP contribution in [0.25, 0.3) is 0 Å². The van der Waals surface area contributed by atoms with E-state index in [2.05, 4.69) is 34.6 Å². The van der Waals surface area contributed by atoms with Crippen LogP contribution in [0.3, 0.4) is 0 Å². The van der Waals surface area contributed by atoms with E-state index in [9.17, 15) is 19.7 Å². The second-order valence-corrected chi connectivity index (χ2v) is 6.04. The molecule has 0 bridgehead atoms. The van der Waals surface area contributed by atoms with Crippen LogP contribution in [0.4, 0.5) is 11.4 Å². The van der Waals surface area contributed by atoms with Gasteiger partial charge in [0, 0.05) is 36.5 Å². The average molecular weight is 397 g/mol. The first-order valence-electron chi connectivity index (χ1n) is 9.14. The first-order valence-corrected chi connectivity index (χ1v) is 9.14. The number of amides is 2. The van der Waals surface area contributed by atoms with Crippen molar-refractivity contribution in [3.05, 3.63) is 69.8 Å². The molecular formula is C20H23N5O4. The summed E-state index contributed by atoms with van der Waals surface area (Å²) in [6.45, 7) is 5.76. The van der Waals surface area contributed by atoms with Gasteiger partial charge in [0.25, 0.3) is 17.5 Å². The summed E-state index contributed by atoms with van der Waals surface area (Å²) in [6, 6.07) is 12.9. The van der Waals surface area contributed by atoms with Crippen LogP contribution in [0.15, 0.2) is 53.6 Å². The molecule has 2 rings (SSSR count). The van der Waals surface area contributed by atoms with Gasteiger partial charge in [-0.3, -0.25) is 19.7 Å². The van der Waals surface area contributed by atoms with Crippen LogP contribution in [0.2, 0.25) is 0 Å². The number of nitro benzene ring substituents is 1. The maximum Gasteiger partial charge on any atom is 0.269 e. The molecule has 0 aliphatic rings. The molecule has 0 radical (unpaired) electrons. The Labute approximate surface area is 168 Å². The highest BCUT2D eigenvalue weighted by Crippen LogP contribution is 2.14. The number of carbonyl (C=O) groups excluding carboxylic acids is 2. The number of anilines is 1. The molecule has 152 valence electrons. The van der Waals surface area contributed by atoms with E-state index in [0.29, 0.717) is 0 Å². The van der Waals surface area contributed by atoms with E-state index in [4.69, 9.17) is 0 Å². The van der Waals surface area contributed by atoms with Crippen LogP contribution in [-0.4, -0.2) is 42.6 Å². The Hall–Kier alpha value is -3.75. The van der Waals surface area contributed by atoms with Crippen LogP contribution < -0.4 is 15.6 Å². The third-order valence-electron chi connectivity index (χ3n) is 4.17. The molecule has 0 unspecified atom stereocenters. The van der Waals surface area contributed by atoms with Crippen molar-refractivity contribution in [2.75, 3.05) is 24.5 Å². The normalized spacial score (nSPS) is 10.6. The lowest BCUT2D eigenvalue weighted by molar-refractivity contribution is -0.384. The van der Waals surface area contributed by atoms with Crippen molar-refractivity contribution in [1.82, 2.24) is 10.7 Å². The molecule has 2 amide bonds. The summed E-state index contributed by atoms with van der Waals surface area (Å²) in [6.07, 6.45) is 1.52. The van der Waals surface area contributed by atoms with Crippen LogP contribution in [0.1, 0.15) is 29.8 Å². The number of benzene rings is 2. The Morgan fingerprint density at radius 2 is 1.69 bits per heavy atom. The van der Waals surface area contributed by atoms with Gasteiger partial charge in [0.2, 0.25) is 0 Å². The highest BCUT2D eigenvalue weighted by Gasteiger charge is 2.10. The molecule has 0 fully saturated rings. The summed E-state index contributed by atoms with van der Waals surface area (Å²) in [5.41, 5.74) is 4.39. The van der Waals surface area contributed by atoms with Crippen molar-refractivity contribution in [3.63, 3.8) is 0 Å². The molecule has 0 spiro atoms. The minimum atomic E-state index is -0.551. The Morgan fingerprint density at radius 1 is 1.07 bits per heavy atom. The van der Waals surface area contributed by atoms with Gasteiger partial charge < -0.3 is 10.2 Å². The molecule has 0 atom stereocenters. The van der Waals surface area contributed by atoms with Gasteiger partial charge in [-0.25, -0.2) is 5.43 Å². The number of carbonyl (C=O) groups is 2. The number of hydrogen-bond acceptors (Lipinski definition) is 6. The Balaban J connectivity index is 1.80. The quantitative estimate of drug-likeness (QED) is 0.383. The summed E-state index contributed by atoms with van der Waals surface area (Å²) in [4.78, 5) is 36.0. The van der Waals surface area contributed by atoms with Crippen molar-refractivity contribution >= 4 is 29.4 Å². The fourth-order valence-electron chi connectivity index (χ4n) is 2.58. The van der Waals surface area contributed by atoms with Gasteiger partial charge in [-0.2, -0.15) is 5.10 Å². The predicted octanol–water partition coefficient (Wildman–Crippen LogP) is 2.32. The van der Waals surface area contributed by atoms with Gasteiger partial charge in [-0.05, 0) is 43.7 Å². The number of hydrogen-bond donors (Lipinski definition) is 2. The topological polar surface area (TPSA) is 117 Å². The molecule has 9 nitrogen and oxygen atoms in total. The Morgan fingerprint density at radius 3 is 2.24 bits per heavy atom. The molecule has 29 heavy (non-hydrogen) atoms. The lowest BCUT2D eigenvalue weighted by atomic mass is 10.2. The van der Waals surface area contributed by atoms with Crippen molar-refractivity contribution < 1.29 is 14.5 Å². The zero-order valence-electron chi connectivity index (χ0n) is 16.3. The van der Waals surface area contributed by atoms with E-state index in [1.165, 1.54) is 30.5 Å². The minimum Gasteiger partial charge on any atom is -0.372 e. The summed E-state index contributed by atoms with van der Waals surface area (Å²) in [7, 11) is 0. The summed E-state index contributed by atoms with van der Waals surface area (Å²) in [5, 5.41) is 16.9. The SMILES string of the molecule is CCN(CC)c1ccc(C=NNC(=O)CNC(=O)c2ccc([N+](=O)[O-])cc2)cc1. The first-order chi connectivity index (χ1) is 13.9. The Kier molecular flexibility index (Phi) is 7.84. The van der Waals surface area contributed by atoms with Crippen molar-refractivity contribution in [1.29, 1.82) is 0 Å². The van der Waals surface area contributed by atoms with E-state index in [0.717, 1.165) is 24.3 Å². The van der Waals surface area contributed by atoms with Crippen molar-refractivity contribution in [2.24, 2.45) is 5.10 Å². The van der Waals surface area contributed by atoms with E-state index in [1.54, 1.807) is 0 Å². The lowest BCUT2D eigenvalue weighted by Crippen LogP contribution is -2.34. The number of rotatable bonds is 9. The predicted molar refractivity (Wildman–Crippen MR) is 111 cm³/mol. The zero-order chi connectivity index (χ0) is 21.2. The zero-order valence-corrected chi connectivity index (χ0v) is 16.3. The van der Waals surface area contributed by atoms with Crippen LogP contribution in [0.5, 0.6) is 0 Å². The van der Waals surface area contributed by atoms with Gasteiger partial charge in [-0.1, -0.05) is 12.1 Å². The van der Waals surface area contributed by atoms with Gasteiger partial charge in [-0.15, -0.1) is 0 Å². The van der Waals surface area contributed by atoms with E-state index >= 15 is 0 Å². The van der Waals surface area contributed by atoms with Gasteiger partial charge >= 0.3 is 0 Å². The van der Waals surface area contributed by atoms with Gasteiger partial charge in [0.15, 0.2) is 0 Å². The summed E-state index contributed by atoms with van der Waals surface area (Å²) in [5.74, 6) is -0.998. The van der Waals surface area contributed by atoms with Gasteiger partial charge in [0.05, 0.1) is 17.7 Å². The summed E-state index contributed by atoms with van der Waals surface area (Å²) >= 11 is 0. The molecule has 0 saturated heterocycles. The molecule has 9 heteroatoms. The summed E-state index contributed by atoms with van der Waals surface area (Å²) < 4.78 is 0. The molecule has 0 aliphatic carbocycles. The molecule has 2 aromatic rings. The second kappa shape index (κ2) is 10.5. The van der Waals surface area contributed by atoms with Crippen LogP contribution >= 0.6 is 0 Å². The van der Waals surface area contributed by atoms with E-state index in [-0.39, 0.29) is 17.8 Å². The highest BCUT2D eigenvalue weighted by atomic mass is 16.6. The highest BCUT2D eigenvalue weighted by molar-refractivity contribution is 5.96. The fourth-order valence-corrected chi connectivity index (χ4v) is 2.58. The third kappa shape index (κ3) is 6.42. The number of nitro groups is 1. The van der Waals surface area contributed by atoms with Gasteiger partial charge in [0.1, 0.15) is 0 Å². The number of nitrogens with zero attached hydrogens (tertiary/aromatic N) is 3. The second-order valence-electron chi connectivity index (χ2n) is 6.04. The van der Waals surface area contributed by atoms with Crippen LogP contribution in [-0.2, 0) is 4.79 Å². The first kappa shape index (κ1) is 21.5. The molecule has 2 aromatic carbocycles. The molecule has 0 saturated carbocycles. The third-order valence-corrected chi connectivity index (χ3v) is 4.17. The Bertz CT molecular complexity index is 875. The monoisotopic (exact) mass is 397 g/mol. The molecule has 0 heterocycles. The number of hydrazone groups is 1. The molecule has 0 aromatic heterocycles. The molecule has 0 aliphatic heterocycles. The standard InChI is InChI=1S/C20H23N5O4/c1-3-24(4-2)17-9-5-15(6-10-17)13-22-23-19(26)14-21-20(27)16-7-11-18(12-8-16)25(28)29/h5-13H,3-4,14H2,1-2H3,(H,21,27)(H,23,26). The maximum absolute atomic E-state index is 12.0. The average Bonchev–Trinajstić information content (AvgIpc) is 2.74. The smallest absolute Gasteiger partial charge is 0.269 e. The van der Waals surface area contributed by atoms with Crippen molar-refractivity contribution in [2.45, 2.75) is 13.8 Å². The van der Waals surface area contributed by atoms with E-state index in [1.807, 2.05) is 24.3 Å². The number of nitrogens with one attached hydrogen (secondary N) is 2. The molecule has 2 N–H and O–H groups in total. The molecular weight excluding hydrogens is 374 g/mol. The minimum absolute atomic E-state index is 0.112. The van der Waals surface area contributed by atoms with Crippen LogP contribution in [0, 0.1) is 10.1 Å². The fraction of sp³-hybridized carbons (Fsp3) is 0.250. The number of non-ortho nitro benzene ring substituents is 1. The van der Waals surface area contributed by atoms with Crippen molar-refractivity contribution in [3.8, 4) is 0 Å². The largest absolute Gasteiger partial charge is 0.372 e. The maximum atomic E-state index is 12.0. The lowest BCUT2D eigenvalue weighted by Gasteiger charge is -2.20. The van der Waals surface area contributed by atoms with E-state index < -0.39 is 16.7 Å².